The Morgan fingerprint density at radius 3 is 2.63 bits per heavy atom. The Hall–Kier alpha value is -1.38. The number of hydrogen-bond acceptors (Lipinski definition) is 2. The minimum atomic E-state index is -0.654. The van der Waals surface area contributed by atoms with Crippen LogP contribution in [0.2, 0.25) is 5.02 Å². The SMILES string of the molecule is Cc1cc(Cl)ccc1C1C(=O)C2C=CC=CC2C1O. The van der Waals surface area contributed by atoms with Gasteiger partial charge in [-0.25, -0.2) is 0 Å². The predicted octanol–water partition coefficient (Wildman–Crippen LogP) is 3.03. The van der Waals surface area contributed by atoms with Gasteiger partial charge < -0.3 is 5.11 Å². The molecule has 0 saturated heterocycles. The van der Waals surface area contributed by atoms with Crippen molar-refractivity contribution in [2.24, 2.45) is 11.8 Å². The van der Waals surface area contributed by atoms with Gasteiger partial charge in [-0.05, 0) is 30.2 Å². The molecule has 4 atom stereocenters. The summed E-state index contributed by atoms with van der Waals surface area (Å²) in [7, 11) is 0. The maximum Gasteiger partial charge on any atom is 0.150 e. The molecule has 3 heteroatoms. The summed E-state index contributed by atoms with van der Waals surface area (Å²) in [6, 6.07) is 5.47. The smallest absolute Gasteiger partial charge is 0.150 e. The minimum absolute atomic E-state index is 0.0995. The van der Waals surface area contributed by atoms with Crippen LogP contribution in [0.3, 0.4) is 0 Å². The Kier molecular flexibility index (Phi) is 3.08. The molecule has 0 aliphatic heterocycles. The van der Waals surface area contributed by atoms with Gasteiger partial charge in [-0.3, -0.25) is 4.79 Å². The standard InChI is InChI=1S/C16H15ClO2/c1-9-8-10(17)6-7-11(9)14-15(18)12-4-2-3-5-13(12)16(14)19/h2-8,12-15,18H,1H3. The van der Waals surface area contributed by atoms with Gasteiger partial charge in [0.25, 0.3) is 0 Å². The second kappa shape index (κ2) is 4.62. The number of allylic oxidation sites excluding steroid dienone is 3. The summed E-state index contributed by atoms with van der Waals surface area (Å²) in [6.45, 7) is 1.93. The van der Waals surface area contributed by atoms with Gasteiger partial charge in [0.2, 0.25) is 0 Å². The maximum atomic E-state index is 12.5. The van der Waals surface area contributed by atoms with E-state index < -0.39 is 12.0 Å². The van der Waals surface area contributed by atoms with E-state index in [0.717, 1.165) is 11.1 Å². The third kappa shape index (κ3) is 1.96. The van der Waals surface area contributed by atoms with Crippen molar-refractivity contribution in [3.63, 3.8) is 0 Å². The maximum absolute atomic E-state index is 12.5. The second-order valence-electron chi connectivity index (χ2n) is 5.24. The Bertz CT molecular complexity index is 588. The monoisotopic (exact) mass is 274 g/mol. The number of halogens is 1. The molecule has 1 saturated carbocycles. The van der Waals surface area contributed by atoms with E-state index in [1.54, 1.807) is 6.07 Å². The lowest BCUT2D eigenvalue weighted by Gasteiger charge is -2.19. The summed E-state index contributed by atoms with van der Waals surface area (Å²) in [4.78, 5) is 12.5. The van der Waals surface area contributed by atoms with Crippen molar-refractivity contribution in [2.75, 3.05) is 0 Å². The average molecular weight is 275 g/mol. The molecular weight excluding hydrogens is 260 g/mol. The molecule has 1 aromatic rings. The van der Waals surface area contributed by atoms with Crippen LogP contribution in [-0.2, 0) is 4.79 Å². The summed E-state index contributed by atoms with van der Waals surface area (Å²) < 4.78 is 0. The van der Waals surface area contributed by atoms with Crippen molar-refractivity contribution in [2.45, 2.75) is 18.9 Å². The molecular formula is C16H15ClO2. The molecule has 2 nitrogen and oxygen atoms in total. The summed E-state index contributed by atoms with van der Waals surface area (Å²) >= 11 is 5.95. The average Bonchev–Trinajstić information content (AvgIpc) is 2.64. The van der Waals surface area contributed by atoms with E-state index in [2.05, 4.69) is 0 Å². The number of aliphatic hydroxyl groups is 1. The summed E-state index contributed by atoms with van der Waals surface area (Å²) in [6.07, 6.45) is 6.94. The second-order valence-corrected chi connectivity index (χ2v) is 5.68. The van der Waals surface area contributed by atoms with E-state index in [-0.39, 0.29) is 17.6 Å². The first kappa shape index (κ1) is 12.6. The van der Waals surface area contributed by atoms with Gasteiger partial charge in [-0.2, -0.15) is 0 Å². The zero-order chi connectivity index (χ0) is 13.6. The van der Waals surface area contributed by atoms with Gasteiger partial charge in [0.15, 0.2) is 0 Å². The van der Waals surface area contributed by atoms with Crippen molar-refractivity contribution in [3.8, 4) is 0 Å². The van der Waals surface area contributed by atoms with Gasteiger partial charge >= 0.3 is 0 Å². The van der Waals surface area contributed by atoms with Crippen molar-refractivity contribution in [1.82, 2.24) is 0 Å². The number of carbonyl (C=O) groups is 1. The highest BCUT2D eigenvalue weighted by Gasteiger charge is 2.48. The molecule has 1 fully saturated rings. The zero-order valence-electron chi connectivity index (χ0n) is 10.6. The Morgan fingerprint density at radius 2 is 1.95 bits per heavy atom. The van der Waals surface area contributed by atoms with E-state index >= 15 is 0 Å². The first-order valence-electron chi connectivity index (χ1n) is 6.42. The quantitative estimate of drug-likeness (QED) is 0.855. The highest BCUT2D eigenvalue weighted by atomic mass is 35.5. The Balaban J connectivity index is 2.03. The highest BCUT2D eigenvalue weighted by molar-refractivity contribution is 6.30. The molecule has 1 aromatic carbocycles. The van der Waals surface area contributed by atoms with Crippen LogP contribution in [0.5, 0.6) is 0 Å². The molecule has 0 radical (unpaired) electrons. The van der Waals surface area contributed by atoms with Gasteiger partial charge in [-0.1, -0.05) is 42.0 Å². The first-order chi connectivity index (χ1) is 9.09. The summed E-state index contributed by atoms with van der Waals surface area (Å²) in [5, 5.41) is 11.1. The molecule has 0 spiro atoms. The number of aryl methyl sites for hydroxylation is 1. The normalized spacial score (nSPS) is 32.7. The van der Waals surface area contributed by atoms with Gasteiger partial charge in [0, 0.05) is 16.9 Å². The number of ketones is 1. The fourth-order valence-corrected chi connectivity index (χ4v) is 3.38. The number of Topliss-reactive ketones (excluding diaryl/α,β-unsaturated/α-hetero) is 1. The lowest BCUT2D eigenvalue weighted by Crippen LogP contribution is -2.21. The van der Waals surface area contributed by atoms with Crippen LogP contribution in [0.1, 0.15) is 17.0 Å². The van der Waals surface area contributed by atoms with Gasteiger partial charge in [0.05, 0.1) is 12.0 Å². The lowest BCUT2D eigenvalue weighted by atomic mass is 9.89. The molecule has 98 valence electrons. The zero-order valence-corrected chi connectivity index (χ0v) is 11.3. The number of fused-ring (bicyclic) bond motifs is 1. The summed E-state index contributed by atoms with van der Waals surface area (Å²) in [5.74, 6) is -0.638. The van der Waals surface area contributed by atoms with Crippen LogP contribution in [0.4, 0.5) is 0 Å². The molecule has 1 N–H and O–H groups in total. The van der Waals surface area contributed by atoms with Crippen LogP contribution in [0.25, 0.3) is 0 Å². The van der Waals surface area contributed by atoms with Crippen molar-refractivity contribution < 1.29 is 9.90 Å². The number of rotatable bonds is 1. The molecule has 0 aromatic heterocycles. The van der Waals surface area contributed by atoms with Crippen LogP contribution in [-0.4, -0.2) is 17.0 Å². The van der Waals surface area contributed by atoms with E-state index in [9.17, 15) is 9.90 Å². The van der Waals surface area contributed by atoms with Crippen molar-refractivity contribution in [1.29, 1.82) is 0 Å². The summed E-state index contributed by atoms with van der Waals surface area (Å²) in [5.41, 5.74) is 1.84. The third-order valence-electron chi connectivity index (χ3n) is 4.12. The predicted molar refractivity (Wildman–Crippen MR) is 75.2 cm³/mol. The van der Waals surface area contributed by atoms with Crippen molar-refractivity contribution >= 4 is 17.4 Å². The fraction of sp³-hybridized carbons (Fsp3) is 0.312. The van der Waals surface area contributed by atoms with Crippen LogP contribution in [0.15, 0.2) is 42.5 Å². The molecule has 4 unspecified atom stereocenters. The van der Waals surface area contributed by atoms with Crippen LogP contribution in [0, 0.1) is 18.8 Å². The molecule has 2 aliphatic rings. The van der Waals surface area contributed by atoms with E-state index in [1.165, 1.54) is 0 Å². The lowest BCUT2D eigenvalue weighted by molar-refractivity contribution is -0.121. The van der Waals surface area contributed by atoms with E-state index in [1.807, 2.05) is 43.4 Å². The number of benzene rings is 1. The van der Waals surface area contributed by atoms with Crippen LogP contribution >= 0.6 is 11.6 Å². The first-order valence-corrected chi connectivity index (χ1v) is 6.80. The topological polar surface area (TPSA) is 37.3 Å². The van der Waals surface area contributed by atoms with Gasteiger partial charge in [0.1, 0.15) is 5.78 Å². The largest absolute Gasteiger partial charge is 0.391 e. The van der Waals surface area contributed by atoms with Crippen molar-refractivity contribution in [3.05, 3.63) is 58.7 Å². The number of carbonyl (C=O) groups excluding carboxylic acids is 1. The number of hydrogen-bond donors (Lipinski definition) is 1. The Morgan fingerprint density at radius 1 is 1.21 bits per heavy atom. The number of aliphatic hydroxyl groups excluding tert-OH is 1. The fourth-order valence-electron chi connectivity index (χ4n) is 3.16. The minimum Gasteiger partial charge on any atom is -0.391 e. The molecule has 3 rings (SSSR count). The molecule has 2 aliphatic carbocycles. The Labute approximate surface area is 117 Å². The third-order valence-corrected chi connectivity index (χ3v) is 4.35. The highest BCUT2D eigenvalue weighted by Crippen LogP contribution is 2.43. The van der Waals surface area contributed by atoms with Gasteiger partial charge in [-0.15, -0.1) is 0 Å². The van der Waals surface area contributed by atoms with E-state index in [4.69, 9.17) is 11.6 Å². The van der Waals surface area contributed by atoms with E-state index in [0.29, 0.717) is 5.02 Å². The molecule has 0 amide bonds. The molecule has 0 heterocycles. The molecule has 0 bridgehead atoms. The van der Waals surface area contributed by atoms with Crippen LogP contribution < -0.4 is 0 Å². The molecule has 19 heavy (non-hydrogen) atoms.